The van der Waals surface area contributed by atoms with Crippen molar-refractivity contribution in [3.8, 4) is 0 Å². The van der Waals surface area contributed by atoms with Crippen LogP contribution in [0.4, 0.5) is 0 Å². The Labute approximate surface area is 97.8 Å². The smallest absolute Gasteiger partial charge is 0.0365 e. The maximum atomic E-state index is 5.83. The molecule has 0 spiro atoms. The molecule has 0 aliphatic carbocycles. The molecule has 16 heavy (non-hydrogen) atoms. The molecule has 1 aliphatic heterocycles. The van der Waals surface area contributed by atoms with Gasteiger partial charge >= 0.3 is 0 Å². The predicted octanol–water partition coefficient (Wildman–Crippen LogP) is 1.46. The van der Waals surface area contributed by atoms with E-state index >= 15 is 0 Å². The first-order valence-corrected chi connectivity index (χ1v) is 5.99. The summed E-state index contributed by atoms with van der Waals surface area (Å²) >= 11 is 0. The molecule has 0 aromatic heterocycles. The standard InChI is InChI=1S/C13H21N3/c1-15(14)13-8-5-9-16(11-13)10-12-6-3-2-4-7-12/h2-4,6-7,13H,5,8-11,14H2,1H3. The Bertz CT molecular complexity index is 310. The molecule has 0 saturated carbocycles. The average molecular weight is 219 g/mol. The highest BCUT2D eigenvalue weighted by Crippen LogP contribution is 2.15. The number of likely N-dealkylation sites (N-methyl/N-ethyl adjacent to an activating group) is 1. The van der Waals surface area contributed by atoms with Gasteiger partial charge in [0, 0.05) is 26.2 Å². The second-order valence-electron chi connectivity index (χ2n) is 4.68. The third kappa shape index (κ3) is 3.04. The van der Waals surface area contributed by atoms with E-state index in [0.29, 0.717) is 6.04 Å². The summed E-state index contributed by atoms with van der Waals surface area (Å²) in [6, 6.07) is 11.2. The molecule has 0 amide bonds. The number of rotatable bonds is 3. The van der Waals surface area contributed by atoms with Crippen LogP contribution < -0.4 is 5.84 Å². The van der Waals surface area contributed by atoms with Crippen molar-refractivity contribution in [3.63, 3.8) is 0 Å². The van der Waals surface area contributed by atoms with Crippen LogP contribution in [-0.2, 0) is 6.54 Å². The largest absolute Gasteiger partial charge is 0.297 e. The highest BCUT2D eigenvalue weighted by molar-refractivity contribution is 5.14. The van der Waals surface area contributed by atoms with Crippen LogP contribution in [-0.4, -0.2) is 36.1 Å². The zero-order valence-electron chi connectivity index (χ0n) is 9.97. The first-order valence-electron chi connectivity index (χ1n) is 5.99. The van der Waals surface area contributed by atoms with Crippen LogP contribution in [0.3, 0.4) is 0 Å². The van der Waals surface area contributed by atoms with Gasteiger partial charge in [-0.1, -0.05) is 30.3 Å². The fourth-order valence-electron chi connectivity index (χ4n) is 2.35. The lowest BCUT2D eigenvalue weighted by atomic mass is 10.0. The average Bonchev–Trinajstić information content (AvgIpc) is 2.30. The fraction of sp³-hybridized carbons (Fsp3) is 0.538. The van der Waals surface area contributed by atoms with E-state index in [-0.39, 0.29) is 0 Å². The van der Waals surface area contributed by atoms with Crippen LogP contribution >= 0.6 is 0 Å². The second-order valence-corrected chi connectivity index (χ2v) is 4.68. The van der Waals surface area contributed by atoms with Crippen LogP contribution in [0.25, 0.3) is 0 Å². The number of nitrogens with two attached hydrogens (primary N) is 1. The normalized spacial score (nSPS) is 22.6. The molecule has 2 N–H and O–H groups in total. The number of nitrogens with zero attached hydrogens (tertiary/aromatic N) is 2. The molecule has 0 radical (unpaired) electrons. The Morgan fingerprint density at radius 2 is 2.12 bits per heavy atom. The van der Waals surface area contributed by atoms with Gasteiger partial charge in [-0.3, -0.25) is 10.7 Å². The summed E-state index contributed by atoms with van der Waals surface area (Å²) in [6.07, 6.45) is 2.47. The molecule has 1 fully saturated rings. The van der Waals surface area contributed by atoms with E-state index < -0.39 is 0 Å². The van der Waals surface area contributed by atoms with Crippen molar-refractivity contribution in [2.75, 3.05) is 20.1 Å². The van der Waals surface area contributed by atoms with E-state index in [0.717, 1.165) is 13.1 Å². The van der Waals surface area contributed by atoms with Gasteiger partial charge in [0.2, 0.25) is 0 Å². The highest BCUT2D eigenvalue weighted by Gasteiger charge is 2.21. The van der Waals surface area contributed by atoms with E-state index in [1.807, 2.05) is 12.1 Å². The Morgan fingerprint density at radius 3 is 2.81 bits per heavy atom. The maximum Gasteiger partial charge on any atom is 0.0365 e. The van der Waals surface area contributed by atoms with Gasteiger partial charge < -0.3 is 0 Å². The first kappa shape index (κ1) is 11.6. The minimum Gasteiger partial charge on any atom is -0.297 e. The fourth-order valence-corrected chi connectivity index (χ4v) is 2.35. The van der Waals surface area contributed by atoms with Crippen molar-refractivity contribution in [3.05, 3.63) is 35.9 Å². The maximum absolute atomic E-state index is 5.83. The van der Waals surface area contributed by atoms with E-state index in [4.69, 9.17) is 5.84 Å². The highest BCUT2D eigenvalue weighted by atomic mass is 15.4. The molecule has 1 aromatic carbocycles. The lowest BCUT2D eigenvalue weighted by molar-refractivity contribution is 0.112. The summed E-state index contributed by atoms with van der Waals surface area (Å²) in [6.45, 7) is 3.33. The molecule has 0 bridgehead atoms. The third-order valence-corrected chi connectivity index (χ3v) is 3.31. The van der Waals surface area contributed by atoms with Crippen molar-refractivity contribution in [2.45, 2.75) is 25.4 Å². The molecule has 3 nitrogen and oxygen atoms in total. The molecule has 88 valence electrons. The molecule has 1 aromatic rings. The molecule has 1 atom stereocenters. The lowest BCUT2D eigenvalue weighted by Gasteiger charge is -2.35. The lowest BCUT2D eigenvalue weighted by Crippen LogP contribution is -2.48. The molecule has 3 heteroatoms. The van der Waals surface area contributed by atoms with Gasteiger partial charge in [-0.15, -0.1) is 0 Å². The zero-order chi connectivity index (χ0) is 11.4. The Balaban J connectivity index is 1.90. The molecular formula is C13H21N3. The van der Waals surface area contributed by atoms with Gasteiger partial charge in [-0.2, -0.15) is 0 Å². The van der Waals surface area contributed by atoms with Gasteiger partial charge in [-0.05, 0) is 24.9 Å². The number of hydrogen-bond acceptors (Lipinski definition) is 3. The minimum absolute atomic E-state index is 0.512. The Hall–Kier alpha value is -0.900. The second kappa shape index (κ2) is 5.43. The van der Waals surface area contributed by atoms with Gasteiger partial charge in [-0.25, -0.2) is 5.01 Å². The summed E-state index contributed by atoms with van der Waals surface area (Å²) in [4.78, 5) is 2.49. The Morgan fingerprint density at radius 1 is 1.38 bits per heavy atom. The quantitative estimate of drug-likeness (QED) is 0.617. The van der Waals surface area contributed by atoms with Crippen LogP contribution in [0.1, 0.15) is 18.4 Å². The van der Waals surface area contributed by atoms with Crippen LogP contribution in [0.2, 0.25) is 0 Å². The van der Waals surface area contributed by atoms with E-state index in [1.54, 1.807) is 0 Å². The first-order chi connectivity index (χ1) is 7.75. The molecule has 1 aliphatic rings. The van der Waals surface area contributed by atoms with Gasteiger partial charge in [0.05, 0.1) is 0 Å². The SMILES string of the molecule is CN(N)C1CCCN(Cc2ccccc2)C1. The van der Waals surface area contributed by atoms with E-state index in [2.05, 4.69) is 35.2 Å². The molecule has 2 rings (SSSR count). The number of benzene rings is 1. The molecule has 1 heterocycles. The monoisotopic (exact) mass is 219 g/mol. The van der Waals surface area contributed by atoms with Gasteiger partial charge in [0.25, 0.3) is 0 Å². The molecule has 1 saturated heterocycles. The summed E-state index contributed by atoms with van der Waals surface area (Å²) in [5, 5.41) is 1.86. The van der Waals surface area contributed by atoms with Crippen LogP contribution in [0, 0.1) is 0 Å². The van der Waals surface area contributed by atoms with Crippen molar-refractivity contribution in [1.82, 2.24) is 9.91 Å². The van der Waals surface area contributed by atoms with Crippen molar-refractivity contribution < 1.29 is 0 Å². The topological polar surface area (TPSA) is 32.5 Å². The predicted molar refractivity (Wildman–Crippen MR) is 66.7 cm³/mol. The summed E-state index contributed by atoms with van der Waals surface area (Å²) < 4.78 is 0. The van der Waals surface area contributed by atoms with E-state index in [9.17, 15) is 0 Å². The summed E-state index contributed by atoms with van der Waals surface area (Å²) in [5.74, 6) is 5.83. The van der Waals surface area contributed by atoms with E-state index in [1.165, 1.54) is 24.9 Å². The van der Waals surface area contributed by atoms with Crippen molar-refractivity contribution in [2.24, 2.45) is 5.84 Å². The molecular weight excluding hydrogens is 198 g/mol. The molecule has 1 unspecified atom stereocenters. The number of piperidine rings is 1. The van der Waals surface area contributed by atoms with Crippen molar-refractivity contribution >= 4 is 0 Å². The van der Waals surface area contributed by atoms with Crippen molar-refractivity contribution in [1.29, 1.82) is 0 Å². The summed E-state index contributed by atoms with van der Waals surface area (Å²) in [5.41, 5.74) is 1.39. The third-order valence-electron chi connectivity index (χ3n) is 3.31. The zero-order valence-corrected chi connectivity index (χ0v) is 9.97. The summed E-state index contributed by atoms with van der Waals surface area (Å²) in [7, 11) is 1.97. The minimum atomic E-state index is 0.512. The van der Waals surface area contributed by atoms with Crippen LogP contribution in [0.5, 0.6) is 0 Å². The number of likely N-dealkylation sites (tertiary alicyclic amines) is 1. The number of hydrogen-bond donors (Lipinski definition) is 1. The van der Waals surface area contributed by atoms with Gasteiger partial charge in [0.1, 0.15) is 0 Å². The van der Waals surface area contributed by atoms with Crippen LogP contribution in [0.15, 0.2) is 30.3 Å². The Kier molecular flexibility index (Phi) is 3.93. The van der Waals surface area contributed by atoms with Gasteiger partial charge in [0.15, 0.2) is 0 Å². The number of hydrazine groups is 1.